The minimum atomic E-state index is -0.495. The second-order valence-corrected chi connectivity index (χ2v) is 5.24. The van der Waals surface area contributed by atoms with E-state index in [1.807, 2.05) is 0 Å². The van der Waals surface area contributed by atoms with Crippen LogP contribution in [0.3, 0.4) is 0 Å². The quantitative estimate of drug-likeness (QED) is 0.356. The SMILES string of the molecule is CCCCCCCOC(=O)OCC(CC)CCCC. The standard InChI is InChI=1S/C16H32O3/c1-4-7-9-10-11-13-18-16(17)19-14-15(6-3)12-8-5-2/h15H,4-14H2,1-3H3. The van der Waals surface area contributed by atoms with Crippen molar-refractivity contribution in [3.63, 3.8) is 0 Å². The second-order valence-electron chi connectivity index (χ2n) is 5.24. The molecule has 114 valence electrons. The minimum absolute atomic E-state index is 0.483. The van der Waals surface area contributed by atoms with Crippen LogP contribution in [0, 0.1) is 5.92 Å². The molecule has 0 aliphatic carbocycles. The molecule has 0 aromatic rings. The molecule has 0 aromatic carbocycles. The van der Waals surface area contributed by atoms with E-state index in [9.17, 15) is 4.79 Å². The van der Waals surface area contributed by atoms with Crippen molar-refractivity contribution in [1.82, 2.24) is 0 Å². The van der Waals surface area contributed by atoms with Crippen molar-refractivity contribution in [2.45, 2.75) is 78.6 Å². The normalized spacial score (nSPS) is 12.2. The molecule has 0 saturated carbocycles. The van der Waals surface area contributed by atoms with Crippen LogP contribution in [-0.4, -0.2) is 19.4 Å². The lowest BCUT2D eigenvalue weighted by Crippen LogP contribution is -2.15. The van der Waals surface area contributed by atoms with Crippen molar-refractivity contribution in [2.24, 2.45) is 5.92 Å². The van der Waals surface area contributed by atoms with Crippen molar-refractivity contribution in [3.8, 4) is 0 Å². The molecular formula is C16H32O3. The van der Waals surface area contributed by atoms with E-state index in [0.717, 1.165) is 25.7 Å². The maximum atomic E-state index is 11.4. The summed E-state index contributed by atoms with van der Waals surface area (Å²) >= 11 is 0. The topological polar surface area (TPSA) is 35.5 Å². The largest absolute Gasteiger partial charge is 0.508 e. The van der Waals surface area contributed by atoms with Gasteiger partial charge in [-0.3, -0.25) is 0 Å². The van der Waals surface area contributed by atoms with E-state index in [4.69, 9.17) is 9.47 Å². The second kappa shape index (κ2) is 13.7. The monoisotopic (exact) mass is 272 g/mol. The lowest BCUT2D eigenvalue weighted by Gasteiger charge is -2.14. The molecule has 0 aromatic heterocycles. The van der Waals surface area contributed by atoms with E-state index >= 15 is 0 Å². The number of carbonyl (C=O) groups is 1. The van der Waals surface area contributed by atoms with Crippen LogP contribution < -0.4 is 0 Å². The summed E-state index contributed by atoms with van der Waals surface area (Å²) in [5.41, 5.74) is 0. The molecule has 19 heavy (non-hydrogen) atoms. The van der Waals surface area contributed by atoms with Gasteiger partial charge in [-0.15, -0.1) is 0 Å². The van der Waals surface area contributed by atoms with Crippen LogP contribution in [0.5, 0.6) is 0 Å². The fourth-order valence-corrected chi connectivity index (χ4v) is 1.99. The van der Waals surface area contributed by atoms with Gasteiger partial charge in [0, 0.05) is 0 Å². The summed E-state index contributed by atoms with van der Waals surface area (Å²) in [5, 5.41) is 0. The van der Waals surface area contributed by atoms with Crippen LogP contribution in [0.4, 0.5) is 4.79 Å². The smallest absolute Gasteiger partial charge is 0.434 e. The van der Waals surface area contributed by atoms with Crippen molar-refractivity contribution in [1.29, 1.82) is 0 Å². The van der Waals surface area contributed by atoms with Crippen LogP contribution >= 0.6 is 0 Å². The minimum Gasteiger partial charge on any atom is -0.434 e. The first kappa shape index (κ1) is 18.3. The van der Waals surface area contributed by atoms with Gasteiger partial charge in [-0.05, 0) is 18.8 Å². The van der Waals surface area contributed by atoms with Gasteiger partial charge in [0.2, 0.25) is 0 Å². The number of carbonyl (C=O) groups excluding carboxylic acids is 1. The molecule has 0 rings (SSSR count). The Balaban J connectivity index is 3.46. The fraction of sp³-hybridized carbons (Fsp3) is 0.938. The first-order chi connectivity index (χ1) is 9.24. The molecule has 1 atom stereocenters. The van der Waals surface area contributed by atoms with Gasteiger partial charge in [-0.25, -0.2) is 4.79 Å². The first-order valence-corrected chi connectivity index (χ1v) is 8.04. The van der Waals surface area contributed by atoms with Crippen molar-refractivity contribution >= 4 is 6.16 Å². The molecule has 3 heteroatoms. The van der Waals surface area contributed by atoms with Gasteiger partial charge < -0.3 is 9.47 Å². The molecule has 0 aliphatic rings. The van der Waals surface area contributed by atoms with Gasteiger partial charge in [-0.2, -0.15) is 0 Å². The van der Waals surface area contributed by atoms with Crippen LogP contribution in [0.15, 0.2) is 0 Å². The Labute approximate surface area is 119 Å². The molecule has 0 bridgehead atoms. The zero-order valence-corrected chi connectivity index (χ0v) is 13.1. The van der Waals surface area contributed by atoms with Crippen LogP contribution in [0.25, 0.3) is 0 Å². The zero-order chi connectivity index (χ0) is 14.3. The molecule has 0 radical (unpaired) electrons. The molecule has 3 nitrogen and oxygen atoms in total. The summed E-state index contributed by atoms with van der Waals surface area (Å²) in [4.78, 5) is 11.4. The highest BCUT2D eigenvalue weighted by atomic mass is 16.7. The van der Waals surface area contributed by atoms with Crippen molar-refractivity contribution < 1.29 is 14.3 Å². The summed E-state index contributed by atoms with van der Waals surface area (Å²) in [6.07, 6.45) is 9.90. The predicted molar refractivity (Wildman–Crippen MR) is 79.4 cm³/mol. The zero-order valence-electron chi connectivity index (χ0n) is 13.1. The fourth-order valence-electron chi connectivity index (χ4n) is 1.99. The van der Waals surface area contributed by atoms with E-state index in [1.54, 1.807) is 0 Å². The third-order valence-corrected chi connectivity index (χ3v) is 3.45. The van der Waals surface area contributed by atoms with E-state index < -0.39 is 6.16 Å². The van der Waals surface area contributed by atoms with Gasteiger partial charge in [0.1, 0.15) is 0 Å². The summed E-state index contributed by atoms with van der Waals surface area (Å²) in [7, 11) is 0. The Morgan fingerprint density at radius 1 is 0.895 bits per heavy atom. The third-order valence-electron chi connectivity index (χ3n) is 3.45. The number of unbranched alkanes of at least 4 members (excludes halogenated alkanes) is 5. The van der Waals surface area contributed by atoms with Crippen molar-refractivity contribution in [2.75, 3.05) is 13.2 Å². The number of rotatable bonds is 12. The predicted octanol–water partition coefficient (Wildman–Crippen LogP) is 5.33. The Bertz CT molecular complexity index is 204. The molecule has 0 N–H and O–H groups in total. The van der Waals surface area contributed by atoms with Crippen molar-refractivity contribution in [3.05, 3.63) is 0 Å². The molecule has 0 amide bonds. The first-order valence-electron chi connectivity index (χ1n) is 8.04. The maximum absolute atomic E-state index is 11.4. The van der Waals surface area contributed by atoms with Crippen LogP contribution in [-0.2, 0) is 9.47 Å². The summed E-state index contributed by atoms with van der Waals surface area (Å²) in [6, 6.07) is 0. The molecule has 0 aliphatic heterocycles. The lowest BCUT2D eigenvalue weighted by molar-refractivity contribution is 0.0415. The van der Waals surface area contributed by atoms with Gasteiger partial charge >= 0.3 is 6.16 Å². The molecular weight excluding hydrogens is 240 g/mol. The Morgan fingerprint density at radius 2 is 1.58 bits per heavy atom. The van der Waals surface area contributed by atoms with Gasteiger partial charge in [-0.1, -0.05) is 65.7 Å². The highest BCUT2D eigenvalue weighted by Crippen LogP contribution is 2.13. The average Bonchev–Trinajstić information content (AvgIpc) is 2.43. The number of hydrogen-bond donors (Lipinski definition) is 0. The highest BCUT2D eigenvalue weighted by Gasteiger charge is 2.10. The lowest BCUT2D eigenvalue weighted by atomic mass is 10.0. The molecule has 0 spiro atoms. The molecule has 0 fully saturated rings. The average molecular weight is 272 g/mol. The van der Waals surface area contributed by atoms with E-state index in [2.05, 4.69) is 20.8 Å². The third kappa shape index (κ3) is 12.1. The Morgan fingerprint density at radius 3 is 2.21 bits per heavy atom. The molecule has 0 saturated heterocycles. The van der Waals surface area contributed by atoms with E-state index in [-0.39, 0.29) is 0 Å². The molecule has 0 heterocycles. The van der Waals surface area contributed by atoms with Crippen LogP contribution in [0.2, 0.25) is 0 Å². The Kier molecular flexibility index (Phi) is 13.2. The summed E-state index contributed by atoms with van der Waals surface area (Å²) < 4.78 is 10.2. The molecule has 1 unspecified atom stereocenters. The van der Waals surface area contributed by atoms with Gasteiger partial charge in [0.25, 0.3) is 0 Å². The van der Waals surface area contributed by atoms with Crippen LogP contribution in [0.1, 0.15) is 78.6 Å². The van der Waals surface area contributed by atoms with E-state index in [1.165, 1.54) is 32.1 Å². The maximum Gasteiger partial charge on any atom is 0.508 e. The van der Waals surface area contributed by atoms with E-state index in [0.29, 0.717) is 19.1 Å². The Hall–Kier alpha value is -0.730. The van der Waals surface area contributed by atoms with Gasteiger partial charge in [0.05, 0.1) is 13.2 Å². The highest BCUT2D eigenvalue weighted by molar-refractivity contribution is 5.59. The van der Waals surface area contributed by atoms with Gasteiger partial charge in [0.15, 0.2) is 0 Å². The summed E-state index contributed by atoms with van der Waals surface area (Å²) in [5.74, 6) is 0.483. The summed E-state index contributed by atoms with van der Waals surface area (Å²) in [6.45, 7) is 7.51. The number of ether oxygens (including phenoxy) is 2. The number of hydrogen-bond acceptors (Lipinski definition) is 3.